The quantitative estimate of drug-likeness (QED) is 0.782. The van der Waals surface area contributed by atoms with Gasteiger partial charge in [0.15, 0.2) is 5.82 Å². The highest BCUT2D eigenvalue weighted by atomic mass is 16.5. The number of aromatic nitrogens is 1. The van der Waals surface area contributed by atoms with E-state index in [0.29, 0.717) is 23.8 Å². The lowest BCUT2D eigenvalue weighted by Gasteiger charge is -2.28. The molecule has 1 aromatic rings. The van der Waals surface area contributed by atoms with Crippen LogP contribution in [0.3, 0.4) is 0 Å². The average Bonchev–Trinajstić information content (AvgIpc) is 2.31. The lowest BCUT2D eigenvalue weighted by Crippen LogP contribution is -2.33. The van der Waals surface area contributed by atoms with Gasteiger partial charge >= 0.3 is 0 Å². The Morgan fingerprint density at radius 2 is 2.18 bits per heavy atom. The number of hydrogen-bond acceptors (Lipinski definition) is 5. The summed E-state index contributed by atoms with van der Waals surface area (Å²) in [5, 5.41) is 8.91. The molecule has 3 N–H and O–H groups in total. The molecule has 5 heteroatoms. The third-order valence-corrected chi connectivity index (χ3v) is 2.54. The summed E-state index contributed by atoms with van der Waals surface area (Å²) in [5.41, 5.74) is 6.55. The Balaban J connectivity index is 2.99. The first kappa shape index (κ1) is 13.6. The molecule has 0 aliphatic carbocycles. The standard InChI is InChI=1S/C12H21N3O2/c1-9(2)15(7-4-8-16)12-10(13)5-6-11(14-12)17-3/h5-6,9,16H,4,7-8,13H2,1-3H3. The lowest BCUT2D eigenvalue weighted by molar-refractivity contribution is 0.288. The topological polar surface area (TPSA) is 71.6 Å². The number of aliphatic hydroxyl groups is 1. The van der Waals surface area contributed by atoms with Crippen LogP contribution in [0.1, 0.15) is 20.3 Å². The molecule has 96 valence electrons. The van der Waals surface area contributed by atoms with Gasteiger partial charge in [0.25, 0.3) is 0 Å². The fourth-order valence-corrected chi connectivity index (χ4v) is 1.64. The van der Waals surface area contributed by atoms with Crippen LogP contribution in [0.25, 0.3) is 0 Å². The third-order valence-electron chi connectivity index (χ3n) is 2.54. The zero-order chi connectivity index (χ0) is 12.8. The fraction of sp³-hybridized carbons (Fsp3) is 0.583. The number of nitrogen functional groups attached to an aromatic ring is 1. The number of anilines is 2. The van der Waals surface area contributed by atoms with Gasteiger partial charge in [-0.25, -0.2) is 0 Å². The van der Waals surface area contributed by atoms with E-state index < -0.39 is 0 Å². The second-order valence-corrected chi connectivity index (χ2v) is 4.13. The van der Waals surface area contributed by atoms with Crippen LogP contribution in [0.2, 0.25) is 0 Å². The first-order chi connectivity index (χ1) is 8.10. The Kier molecular flexibility index (Phi) is 5.03. The van der Waals surface area contributed by atoms with Crippen LogP contribution < -0.4 is 15.4 Å². The molecule has 0 unspecified atom stereocenters. The largest absolute Gasteiger partial charge is 0.481 e. The molecule has 5 nitrogen and oxygen atoms in total. The zero-order valence-corrected chi connectivity index (χ0v) is 10.7. The minimum atomic E-state index is 0.160. The van der Waals surface area contributed by atoms with Crippen molar-refractivity contribution in [1.29, 1.82) is 0 Å². The molecule has 17 heavy (non-hydrogen) atoms. The number of pyridine rings is 1. The number of nitrogens with two attached hydrogens (primary N) is 1. The molecule has 0 amide bonds. The second-order valence-electron chi connectivity index (χ2n) is 4.13. The Morgan fingerprint density at radius 3 is 2.71 bits per heavy atom. The molecule has 0 saturated carbocycles. The minimum Gasteiger partial charge on any atom is -0.481 e. The summed E-state index contributed by atoms with van der Waals surface area (Å²) in [4.78, 5) is 6.43. The van der Waals surface area contributed by atoms with Crippen molar-refractivity contribution in [3.8, 4) is 5.88 Å². The van der Waals surface area contributed by atoms with Crippen LogP contribution in [-0.4, -0.2) is 36.4 Å². The van der Waals surface area contributed by atoms with E-state index in [1.807, 2.05) is 0 Å². The number of hydrogen-bond donors (Lipinski definition) is 2. The van der Waals surface area contributed by atoms with E-state index in [2.05, 4.69) is 23.7 Å². The molecule has 0 fully saturated rings. The van der Waals surface area contributed by atoms with Crippen LogP contribution in [0.4, 0.5) is 11.5 Å². The summed E-state index contributed by atoms with van der Waals surface area (Å²) < 4.78 is 5.10. The van der Waals surface area contributed by atoms with E-state index in [9.17, 15) is 0 Å². The fourth-order valence-electron chi connectivity index (χ4n) is 1.64. The molecular formula is C12H21N3O2. The van der Waals surface area contributed by atoms with Crippen molar-refractivity contribution in [2.75, 3.05) is 30.9 Å². The van der Waals surface area contributed by atoms with Crippen molar-refractivity contribution in [2.45, 2.75) is 26.3 Å². The van der Waals surface area contributed by atoms with Crippen molar-refractivity contribution >= 4 is 11.5 Å². The van der Waals surface area contributed by atoms with Gasteiger partial charge in [0.2, 0.25) is 5.88 Å². The average molecular weight is 239 g/mol. The summed E-state index contributed by atoms with van der Waals surface area (Å²) >= 11 is 0. The molecule has 0 spiro atoms. The van der Waals surface area contributed by atoms with Gasteiger partial charge in [-0.05, 0) is 26.3 Å². The van der Waals surface area contributed by atoms with E-state index in [4.69, 9.17) is 15.6 Å². The van der Waals surface area contributed by atoms with Crippen LogP contribution in [0.5, 0.6) is 5.88 Å². The molecule has 0 saturated heterocycles. The van der Waals surface area contributed by atoms with E-state index >= 15 is 0 Å². The molecule has 0 radical (unpaired) electrons. The van der Waals surface area contributed by atoms with Crippen molar-refractivity contribution in [3.05, 3.63) is 12.1 Å². The summed E-state index contributed by atoms with van der Waals surface area (Å²) in [6.45, 7) is 5.02. The van der Waals surface area contributed by atoms with E-state index in [0.717, 1.165) is 6.54 Å². The number of nitrogens with zero attached hydrogens (tertiary/aromatic N) is 2. The number of aliphatic hydroxyl groups excluding tert-OH is 1. The maximum Gasteiger partial charge on any atom is 0.215 e. The molecule has 0 aliphatic heterocycles. The normalized spacial score (nSPS) is 10.6. The van der Waals surface area contributed by atoms with Gasteiger partial charge in [-0.15, -0.1) is 0 Å². The molecule has 1 heterocycles. The van der Waals surface area contributed by atoms with Crippen molar-refractivity contribution in [1.82, 2.24) is 4.98 Å². The van der Waals surface area contributed by atoms with Gasteiger partial charge in [0.1, 0.15) is 0 Å². The Morgan fingerprint density at radius 1 is 1.47 bits per heavy atom. The number of methoxy groups -OCH3 is 1. The van der Waals surface area contributed by atoms with Gasteiger partial charge in [-0.2, -0.15) is 4.98 Å². The summed E-state index contributed by atoms with van der Waals surface area (Å²) in [6, 6.07) is 3.79. The smallest absolute Gasteiger partial charge is 0.215 e. The van der Waals surface area contributed by atoms with E-state index in [-0.39, 0.29) is 12.6 Å². The molecule has 0 aromatic carbocycles. The van der Waals surface area contributed by atoms with Crippen molar-refractivity contribution in [2.24, 2.45) is 0 Å². The number of ether oxygens (including phenoxy) is 1. The monoisotopic (exact) mass is 239 g/mol. The molecule has 0 bridgehead atoms. The van der Waals surface area contributed by atoms with Gasteiger partial charge in [0.05, 0.1) is 12.8 Å². The molecule has 1 rings (SSSR count). The third kappa shape index (κ3) is 3.49. The lowest BCUT2D eigenvalue weighted by atomic mass is 10.2. The SMILES string of the molecule is COc1ccc(N)c(N(CCCO)C(C)C)n1. The van der Waals surface area contributed by atoms with Crippen LogP contribution in [0.15, 0.2) is 12.1 Å². The predicted octanol–water partition coefficient (Wildman–Crippen LogP) is 1.27. The van der Waals surface area contributed by atoms with Crippen LogP contribution in [-0.2, 0) is 0 Å². The van der Waals surface area contributed by atoms with Gasteiger partial charge in [-0.1, -0.05) is 0 Å². The highest BCUT2D eigenvalue weighted by Gasteiger charge is 2.15. The highest BCUT2D eigenvalue weighted by molar-refractivity contribution is 5.64. The predicted molar refractivity (Wildman–Crippen MR) is 69.4 cm³/mol. The molecular weight excluding hydrogens is 218 g/mol. The Bertz CT molecular complexity index is 356. The Hall–Kier alpha value is -1.49. The zero-order valence-electron chi connectivity index (χ0n) is 10.7. The highest BCUT2D eigenvalue weighted by Crippen LogP contribution is 2.25. The van der Waals surface area contributed by atoms with E-state index in [1.165, 1.54) is 0 Å². The van der Waals surface area contributed by atoms with Gasteiger partial charge in [0, 0.05) is 25.3 Å². The number of rotatable bonds is 6. The van der Waals surface area contributed by atoms with Gasteiger partial charge in [-0.3, -0.25) is 0 Å². The Labute approximate surface area is 102 Å². The van der Waals surface area contributed by atoms with Crippen LogP contribution >= 0.6 is 0 Å². The molecule has 1 aromatic heterocycles. The van der Waals surface area contributed by atoms with E-state index in [1.54, 1.807) is 19.2 Å². The summed E-state index contributed by atoms with van der Waals surface area (Å²) in [6.07, 6.45) is 0.691. The minimum absolute atomic E-state index is 0.160. The maximum absolute atomic E-state index is 8.91. The first-order valence-corrected chi connectivity index (χ1v) is 5.78. The second kappa shape index (κ2) is 6.30. The first-order valence-electron chi connectivity index (χ1n) is 5.78. The summed E-state index contributed by atoms with van der Waals surface area (Å²) in [7, 11) is 1.58. The molecule has 0 atom stereocenters. The van der Waals surface area contributed by atoms with Gasteiger partial charge < -0.3 is 20.5 Å². The summed E-state index contributed by atoms with van der Waals surface area (Å²) in [5.74, 6) is 1.26. The van der Waals surface area contributed by atoms with Crippen molar-refractivity contribution < 1.29 is 9.84 Å². The van der Waals surface area contributed by atoms with Crippen LogP contribution in [0, 0.1) is 0 Å². The molecule has 0 aliphatic rings. The maximum atomic E-state index is 8.91. The van der Waals surface area contributed by atoms with Crippen molar-refractivity contribution in [3.63, 3.8) is 0 Å².